The Hall–Kier alpha value is -2.08. The molecule has 3 amide bonds. The van der Waals surface area contributed by atoms with Gasteiger partial charge in [-0.2, -0.15) is 0 Å². The molecule has 1 aromatic carbocycles. The molecule has 6 heteroatoms. The minimum absolute atomic E-state index is 0.0591. The summed E-state index contributed by atoms with van der Waals surface area (Å²) in [5.41, 5.74) is 2.08. The lowest BCUT2D eigenvalue weighted by atomic mass is 9.90. The van der Waals surface area contributed by atoms with Crippen molar-refractivity contribution in [2.24, 2.45) is 11.8 Å². The Morgan fingerprint density at radius 1 is 0.967 bits per heavy atom. The van der Waals surface area contributed by atoms with Crippen LogP contribution in [0.1, 0.15) is 49.5 Å². The highest BCUT2D eigenvalue weighted by Gasteiger charge is 2.24. The van der Waals surface area contributed by atoms with Crippen molar-refractivity contribution in [3.8, 4) is 0 Å². The third-order valence-electron chi connectivity index (χ3n) is 6.24. The van der Waals surface area contributed by atoms with E-state index in [-0.39, 0.29) is 11.9 Å². The van der Waals surface area contributed by atoms with E-state index in [1.54, 1.807) is 0 Å². The summed E-state index contributed by atoms with van der Waals surface area (Å²) < 4.78 is 0. The lowest BCUT2D eigenvalue weighted by Crippen LogP contribution is -2.49. The van der Waals surface area contributed by atoms with Gasteiger partial charge in [0.2, 0.25) is 0 Å². The van der Waals surface area contributed by atoms with Crippen LogP contribution < -0.4 is 5.32 Å². The van der Waals surface area contributed by atoms with Crippen molar-refractivity contribution < 1.29 is 9.59 Å². The summed E-state index contributed by atoms with van der Waals surface area (Å²) in [7, 11) is 0. The molecule has 0 unspecified atom stereocenters. The second kappa shape index (κ2) is 10.8. The summed E-state index contributed by atoms with van der Waals surface area (Å²) in [6.45, 7) is 13.5. The number of carbonyl (C=O) groups excluding carboxylic acids is 2. The van der Waals surface area contributed by atoms with E-state index in [0.29, 0.717) is 18.4 Å². The van der Waals surface area contributed by atoms with Crippen LogP contribution in [0.5, 0.6) is 0 Å². The molecule has 0 aromatic heterocycles. The third-order valence-corrected chi connectivity index (χ3v) is 6.24. The molecule has 2 heterocycles. The van der Waals surface area contributed by atoms with Gasteiger partial charge in [-0.3, -0.25) is 9.69 Å². The maximum atomic E-state index is 12.8. The van der Waals surface area contributed by atoms with Crippen LogP contribution in [-0.2, 0) is 6.42 Å². The molecule has 1 aromatic rings. The Bertz CT molecular complexity index is 688. The van der Waals surface area contributed by atoms with Crippen LogP contribution >= 0.6 is 0 Å². The number of rotatable bonds is 6. The summed E-state index contributed by atoms with van der Waals surface area (Å²) in [5, 5.41) is 2.88. The molecule has 0 aliphatic carbocycles. The summed E-state index contributed by atoms with van der Waals surface area (Å²) in [6, 6.07) is 8.25. The average molecular weight is 415 g/mol. The fraction of sp³-hybridized carbons (Fsp3) is 0.667. The van der Waals surface area contributed by atoms with Gasteiger partial charge in [-0.15, -0.1) is 0 Å². The summed E-state index contributed by atoms with van der Waals surface area (Å²) in [4.78, 5) is 31.1. The van der Waals surface area contributed by atoms with E-state index in [0.717, 1.165) is 70.6 Å². The lowest BCUT2D eigenvalue weighted by molar-refractivity contribution is 0.0624. The smallest absolute Gasteiger partial charge is 0.317 e. The van der Waals surface area contributed by atoms with E-state index in [2.05, 4.69) is 36.2 Å². The molecule has 2 fully saturated rings. The van der Waals surface area contributed by atoms with Crippen LogP contribution in [0, 0.1) is 11.8 Å². The van der Waals surface area contributed by atoms with Crippen molar-refractivity contribution in [1.82, 2.24) is 20.0 Å². The quantitative estimate of drug-likeness (QED) is 0.778. The number of likely N-dealkylation sites (tertiary alicyclic amines) is 1. The molecule has 2 saturated heterocycles. The monoisotopic (exact) mass is 414 g/mol. The molecule has 3 rings (SSSR count). The van der Waals surface area contributed by atoms with Gasteiger partial charge in [0, 0.05) is 57.9 Å². The van der Waals surface area contributed by atoms with Gasteiger partial charge >= 0.3 is 6.03 Å². The van der Waals surface area contributed by atoms with Gasteiger partial charge in [-0.25, -0.2) is 4.79 Å². The first kappa shape index (κ1) is 22.6. The molecular weight excluding hydrogens is 376 g/mol. The maximum Gasteiger partial charge on any atom is 0.317 e. The van der Waals surface area contributed by atoms with Crippen LogP contribution in [0.15, 0.2) is 24.3 Å². The number of piperidine rings is 1. The third kappa shape index (κ3) is 6.21. The van der Waals surface area contributed by atoms with Gasteiger partial charge < -0.3 is 15.1 Å². The number of benzene rings is 1. The molecule has 2 aliphatic rings. The maximum absolute atomic E-state index is 12.8. The van der Waals surface area contributed by atoms with Crippen LogP contribution in [0.2, 0.25) is 0 Å². The fourth-order valence-corrected chi connectivity index (χ4v) is 4.55. The van der Waals surface area contributed by atoms with Crippen LogP contribution in [0.25, 0.3) is 0 Å². The topological polar surface area (TPSA) is 55.9 Å². The van der Waals surface area contributed by atoms with Crippen molar-refractivity contribution in [1.29, 1.82) is 0 Å². The zero-order valence-corrected chi connectivity index (χ0v) is 18.9. The molecule has 0 atom stereocenters. The van der Waals surface area contributed by atoms with E-state index < -0.39 is 0 Å². The number of piperazine rings is 1. The minimum atomic E-state index is 0.0591. The molecule has 0 saturated carbocycles. The van der Waals surface area contributed by atoms with Crippen LogP contribution in [-0.4, -0.2) is 79.0 Å². The first-order valence-corrected chi connectivity index (χ1v) is 11.6. The molecule has 6 nitrogen and oxygen atoms in total. The van der Waals surface area contributed by atoms with Gasteiger partial charge in [0.1, 0.15) is 0 Å². The van der Waals surface area contributed by atoms with Crippen LogP contribution in [0.3, 0.4) is 0 Å². The zero-order chi connectivity index (χ0) is 21.5. The molecule has 0 bridgehead atoms. The Morgan fingerprint density at radius 3 is 2.17 bits per heavy atom. The number of hydrogen-bond donors (Lipinski definition) is 1. The Balaban J connectivity index is 1.45. The Morgan fingerprint density at radius 2 is 1.60 bits per heavy atom. The van der Waals surface area contributed by atoms with Crippen molar-refractivity contribution in [3.63, 3.8) is 0 Å². The Kier molecular flexibility index (Phi) is 8.14. The largest absolute Gasteiger partial charge is 0.338 e. The van der Waals surface area contributed by atoms with E-state index in [4.69, 9.17) is 0 Å². The Labute approximate surface area is 181 Å². The predicted octanol–water partition coefficient (Wildman–Crippen LogP) is 3.08. The molecule has 0 spiro atoms. The van der Waals surface area contributed by atoms with Gasteiger partial charge in [-0.05, 0) is 55.7 Å². The normalized spacial score (nSPS) is 18.7. The number of amides is 3. The first-order chi connectivity index (χ1) is 14.5. The molecule has 1 N–H and O–H groups in total. The van der Waals surface area contributed by atoms with E-state index >= 15 is 0 Å². The fourth-order valence-electron chi connectivity index (χ4n) is 4.55. The van der Waals surface area contributed by atoms with Crippen molar-refractivity contribution in [2.45, 2.75) is 40.0 Å². The highest BCUT2D eigenvalue weighted by Crippen LogP contribution is 2.22. The van der Waals surface area contributed by atoms with Crippen molar-refractivity contribution in [3.05, 3.63) is 35.4 Å². The van der Waals surface area contributed by atoms with Crippen molar-refractivity contribution >= 4 is 11.9 Å². The first-order valence-electron chi connectivity index (χ1n) is 11.6. The second-order valence-corrected chi connectivity index (χ2v) is 9.15. The highest BCUT2D eigenvalue weighted by atomic mass is 16.2. The predicted molar refractivity (Wildman–Crippen MR) is 121 cm³/mol. The highest BCUT2D eigenvalue weighted by molar-refractivity contribution is 5.94. The molecular formula is C24H38N4O2. The van der Waals surface area contributed by atoms with E-state index in [1.807, 2.05) is 28.9 Å². The van der Waals surface area contributed by atoms with Gasteiger partial charge in [0.05, 0.1) is 0 Å². The summed E-state index contributed by atoms with van der Waals surface area (Å²) in [5.74, 6) is 1.42. The molecule has 30 heavy (non-hydrogen) atoms. The lowest BCUT2D eigenvalue weighted by Gasteiger charge is -2.35. The number of nitrogens with zero attached hydrogens (tertiary/aromatic N) is 3. The molecule has 166 valence electrons. The number of hydrogen-bond acceptors (Lipinski definition) is 3. The number of carbonyl (C=O) groups is 2. The summed E-state index contributed by atoms with van der Waals surface area (Å²) >= 11 is 0. The van der Waals surface area contributed by atoms with Gasteiger partial charge in [-0.1, -0.05) is 26.0 Å². The molecule has 0 radical (unpaired) electrons. The van der Waals surface area contributed by atoms with Crippen LogP contribution in [0.4, 0.5) is 4.79 Å². The van der Waals surface area contributed by atoms with Crippen molar-refractivity contribution in [2.75, 3.05) is 52.4 Å². The second-order valence-electron chi connectivity index (χ2n) is 9.15. The zero-order valence-electron chi connectivity index (χ0n) is 18.9. The number of nitrogens with one attached hydrogen (secondary N) is 1. The molecule has 2 aliphatic heterocycles. The van der Waals surface area contributed by atoms with Gasteiger partial charge in [0.25, 0.3) is 5.91 Å². The van der Waals surface area contributed by atoms with Gasteiger partial charge in [0.15, 0.2) is 0 Å². The minimum Gasteiger partial charge on any atom is -0.338 e. The number of urea groups is 1. The average Bonchev–Trinajstić information content (AvgIpc) is 2.75. The van der Waals surface area contributed by atoms with E-state index in [9.17, 15) is 9.59 Å². The standard InChI is InChI=1S/C24H38N4O2/c1-4-25-24(30)28-11-9-21(10-12-28)17-20-5-7-22(8-6-20)23(29)27-15-13-26(14-16-27)18-19(2)3/h5-8,19,21H,4,9-18H2,1-3H3,(H,25,30). The van der Waals surface area contributed by atoms with E-state index in [1.165, 1.54) is 5.56 Å². The SMILES string of the molecule is CCNC(=O)N1CCC(Cc2ccc(C(=O)N3CCN(CC(C)C)CC3)cc2)CC1. The summed E-state index contributed by atoms with van der Waals surface area (Å²) in [6.07, 6.45) is 3.10.